The lowest BCUT2D eigenvalue weighted by Crippen LogP contribution is -2.06. The Morgan fingerprint density at radius 2 is 2.14 bits per heavy atom. The van der Waals surface area contributed by atoms with E-state index in [2.05, 4.69) is 18.0 Å². The Labute approximate surface area is 82.7 Å². The van der Waals surface area contributed by atoms with Crippen molar-refractivity contribution in [3.8, 4) is 6.07 Å². The van der Waals surface area contributed by atoms with Gasteiger partial charge in [-0.2, -0.15) is 5.26 Å². The highest BCUT2D eigenvalue weighted by molar-refractivity contribution is 5.98. The summed E-state index contributed by atoms with van der Waals surface area (Å²) in [5.41, 5.74) is 1.64. The zero-order valence-electron chi connectivity index (χ0n) is 7.66. The number of nitrogens with zero attached hydrogens (tertiary/aromatic N) is 1. The van der Waals surface area contributed by atoms with Gasteiger partial charge in [-0.15, -0.1) is 0 Å². The van der Waals surface area contributed by atoms with E-state index in [1.807, 2.05) is 12.1 Å². The Morgan fingerprint density at radius 3 is 2.64 bits per heavy atom. The number of amides is 1. The van der Waals surface area contributed by atoms with E-state index >= 15 is 0 Å². The fraction of sp³-hybridized carbons (Fsp3) is 0.0909. The maximum Gasteiger partial charge on any atom is 0.247 e. The van der Waals surface area contributed by atoms with Crippen LogP contribution in [0, 0.1) is 11.3 Å². The molecule has 3 heteroatoms. The zero-order valence-corrected chi connectivity index (χ0v) is 7.66. The third-order valence-electron chi connectivity index (χ3n) is 1.69. The third kappa shape index (κ3) is 2.76. The molecule has 0 atom stereocenters. The first-order chi connectivity index (χ1) is 6.76. The Bertz CT molecular complexity index is 373. The number of rotatable bonds is 3. The van der Waals surface area contributed by atoms with Crippen LogP contribution in [0.3, 0.4) is 0 Å². The second-order valence-corrected chi connectivity index (χ2v) is 2.73. The molecule has 0 aliphatic rings. The number of hydrogen-bond donors (Lipinski definition) is 1. The molecule has 1 N–H and O–H groups in total. The van der Waals surface area contributed by atoms with Crippen molar-refractivity contribution in [2.45, 2.75) is 6.42 Å². The van der Waals surface area contributed by atoms with Crippen molar-refractivity contribution in [3.63, 3.8) is 0 Å². The summed E-state index contributed by atoms with van der Waals surface area (Å²) in [6, 6.07) is 9.18. The first-order valence-electron chi connectivity index (χ1n) is 4.15. The van der Waals surface area contributed by atoms with Crippen LogP contribution < -0.4 is 5.32 Å². The molecule has 0 heterocycles. The van der Waals surface area contributed by atoms with Crippen molar-refractivity contribution in [2.75, 3.05) is 5.32 Å². The van der Waals surface area contributed by atoms with Crippen molar-refractivity contribution in [3.05, 3.63) is 42.5 Å². The summed E-state index contributed by atoms with van der Waals surface area (Å²) >= 11 is 0. The van der Waals surface area contributed by atoms with Gasteiger partial charge in [0.1, 0.15) is 0 Å². The number of benzene rings is 1. The van der Waals surface area contributed by atoms with E-state index < -0.39 is 0 Å². The van der Waals surface area contributed by atoms with Crippen LogP contribution in [-0.2, 0) is 11.2 Å². The van der Waals surface area contributed by atoms with Crippen molar-refractivity contribution < 1.29 is 4.79 Å². The van der Waals surface area contributed by atoms with Crippen LogP contribution in [0.5, 0.6) is 0 Å². The molecule has 70 valence electrons. The smallest absolute Gasteiger partial charge is 0.247 e. The van der Waals surface area contributed by atoms with Gasteiger partial charge in [-0.3, -0.25) is 4.79 Å². The van der Waals surface area contributed by atoms with Gasteiger partial charge in [0.2, 0.25) is 5.91 Å². The van der Waals surface area contributed by atoms with Crippen LogP contribution in [0.4, 0.5) is 5.69 Å². The standard InChI is InChI=1S/C11H10N2O/c1-2-11(14)13-10-5-3-9(4-6-10)7-8-12/h2-6H,1,7H2,(H,13,14). The minimum absolute atomic E-state index is 0.238. The lowest BCUT2D eigenvalue weighted by atomic mass is 10.1. The summed E-state index contributed by atoms with van der Waals surface area (Å²) in [4.78, 5) is 10.9. The SMILES string of the molecule is C=CC(=O)Nc1ccc(CC#N)cc1. The predicted molar refractivity (Wildman–Crippen MR) is 54.6 cm³/mol. The Balaban J connectivity index is 2.69. The number of nitriles is 1. The van der Waals surface area contributed by atoms with Gasteiger partial charge in [-0.05, 0) is 23.8 Å². The van der Waals surface area contributed by atoms with Crippen LogP contribution in [-0.4, -0.2) is 5.91 Å². The molecule has 1 aromatic rings. The summed E-state index contributed by atoms with van der Waals surface area (Å²) in [6.07, 6.45) is 1.60. The molecule has 0 bridgehead atoms. The van der Waals surface area contributed by atoms with Crippen molar-refractivity contribution in [2.24, 2.45) is 0 Å². The molecule has 3 nitrogen and oxygen atoms in total. The predicted octanol–water partition coefficient (Wildman–Crippen LogP) is 1.88. The third-order valence-corrected chi connectivity index (χ3v) is 1.69. The summed E-state index contributed by atoms with van der Waals surface area (Å²) in [5.74, 6) is -0.238. The quantitative estimate of drug-likeness (QED) is 0.733. The highest BCUT2D eigenvalue weighted by Crippen LogP contribution is 2.09. The number of hydrogen-bond acceptors (Lipinski definition) is 2. The minimum Gasteiger partial charge on any atom is -0.323 e. The average Bonchev–Trinajstić information content (AvgIpc) is 2.21. The Hall–Kier alpha value is -2.08. The van der Waals surface area contributed by atoms with E-state index in [1.54, 1.807) is 12.1 Å². The molecule has 0 fully saturated rings. The maximum absolute atomic E-state index is 10.9. The molecule has 0 aromatic heterocycles. The van der Waals surface area contributed by atoms with Gasteiger partial charge >= 0.3 is 0 Å². The second-order valence-electron chi connectivity index (χ2n) is 2.73. The molecule has 0 saturated heterocycles. The molecule has 0 spiro atoms. The highest BCUT2D eigenvalue weighted by Gasteiger charge is 1.96. The number of carbonyl (C=O) groups is 1. The Morgan fingerprint density at radius 1 is 1.50 bits per heavy atom. The fourth-order valence-electron chi connectivity index (χ4n) is 0.991. The Kier molecular flexibility index (Phi) is 3.45. The van der Waals surface area contributed by atoms with Crippen LogP contribution in [0.2, 0.25) is 0 Å². The molecule has 0 unspecified atom stereocenters. The van der Waals surface area contributed by atoms with E-state index in [0.29, 0.717) is 12.1 Å². The molecule has 1 rings (SSSR count). The fourth-order valence-corrected chi connectivity index (χ4v) is 0.991. The summed E-state index contributed by atoms with van der Waals surface area (Å²) in [7, 11) is 0. The van der Waals surface area contributed by atoms with Crippen LogP contribution in [0.25, 0.3) is 0 Å². The minimum atomic E-state index is -0.238. The number of anilines is 1. The van der Waals surface area contributed by atoms with Gasteiger partial charge in [-0.25, -0.2) is 0 Å². The first-order valence-corrected chi connectivity index (χ1v) is 4.15. The summed E-state index contributed by atoms with van der Waals surface area (Å²) < 4.78 is 0. The number of nitrogens with one attached hydrogen (secondary N) is 1. The first kappa shape index (κ1) is 10.0. The van der Waals surface area contributed by atoms with E-state index in [-0.39, 0.29) is 5.91 Å². The molecule has 0 aliphatic heterocycles. The van der Waals surface area contributed by atoms with Crippen molar-refractivity contribution in [1.82, 2.24) is 0 Å². The molecule has 0 saturated carbocycles. The van der Waals surface area contributed by atoms with Gasteiger partial charge < -0.3 is 5.32 Å². The van der Waals surface area contributed by atoms with Gasteiger partial charge in [0, 0.05) is 5.69 Å². The lowest BCUT2D eigenvalue weighted by molar-refractivity contribution is -0.111. The van der Waals surface area contributed by atoms with Crippen LogP contribution >= 0.6 is 0 Å². The molecule has 1 amide bonds. The van der Waals surface area contributed by atoms with Crippen molar-refractivity contribution >= 4 is 11.6 Å². The maximum atomic E-state index is 10.9. The van der Waals surface area contributed by atoms with Gasteiger partial charge in [0.05, 0.1) is 12.5 Å². The monoisotopic (exact) mass is 186 g/mol. The van der Waals surface area contributed by atoms with E-state index in [0.717, 1.165) is 5.56 Å². The van der Waals surface area contributed by atoms with Crippen LogP contribution in [0.1, 0.15) is 5.56 Å². The highest BCUT2D eigenvalue weighted by atomic mass is 16.1. The van der Waals surface area contributed by atoms with Gasteiger partial charge in [-0.1, -0.05) is 18.7 Å². The lowest BCUT2D eigenvalue weighted by Gasteiger charge is -2.01. The average molecular weight is 186 g/mol. The molecular weight excluding hydrogens is 176 g/mol. The zero-order chi connectivity index (χ0) is 10.4. The molecule has 1 aromatic carbocycles. The van der Waals surface area contributed by atoms with E-state index in [4.69, 9.17) is 5.26 Å². The van der Waals surface area contributed by atoms with E-state index in [1.165, 1.54) is 6.08 Å². The van der Waals surface area contributed by atoms with E-state index in [9.17, 15) is 4.79 Å². The van der Waals surface area contributed by atoms with Crippen molar-refractivity contribution in [1.29, 1.82) is 5.26 Å². The normalized spacial score (nSPS) is 8.79. The van der Waals surface area contributed by atoms with Crippen LogP contribution in [0.15, 0.2) is 36.9 Å². The molecule has 0 radical (unpaired) electrons. The van der Waals surface area contributed by atoms with Gasteiger partial charge in [0.25, 0.3) is 0 Å². The molecular formula is C11H10N2O. The summed E-state index contributed by atoms with van der Waals surface area (Å²) in [6.45, 7) is 3.35. The topological polar surface area (TPSA) is 52.9 Å². The van der Waals surface area contributed by atoms with Gasteiger partial charge in [0.15, 0.2) is 0 Å². The number of carbonyl (C=O) groups excluding carboxylic acids is 1. The molecule has 14 heavy (non-hydrogen) atoms. The largest absolute Gasteiger partial charge is 0.323 e. The molecule has 0 aliphatic carbocycles. The second kappa shape index (κ2) is 4.83. The summed E-state index contributed by atoms with van der Waals surface area (Å²) in [5, 5.41) is 11.1.